The van der Waals surface area contributed by atoms with Gasteiger partial charge in [0, 0.05) is 30.9 Å². The minimum absolute atomic E-state index is 0.00943. The summed E-state index contributed by atoms with van der Waals surface area (Å²) < 4.78 is 1.70. The van der Waals surface area contributed by atoms with Gasteiger partial charge in [0.2, 0.25) is 5.88 Å². The molecule has 0 amide bonds. The molecular weight excluding hydrogens is 326 g/mol. The Labute approximate surface area is 134 Å². The Kier molecular flexibility index (Phi) is 4.37. The van der Waals surface area contributed by atoms with Crippen LogP contribution in [-0.4, -0.2) is 26.4 Å². The molecule has 0 saturated carbocycles. The van der Waals surface area contributed by atoms with Gasteiger partial charge in [-0.15, -0.1) is 0 Å². The molecule has 0 fully saturated rings. The number of aromatic nitrogens is 2. The Balaban J connectivity index is 2.54. The molecule has 0 aliphatic rings. The lowest BCUT2D eigenvalue weighted by Gasteiger charge is -2.07. The van der Waals surface area contributed by atoms with Crippen molar-refractivity contribution < 1.29 is 15.0 Å². The second-order valence-corrected chi connectivity index (χ2v) is 5.06. The molecule has 0 radical (unpaired) electrons. The molecule has 1 aromatic carbocycles. The standard InChI is InChI=1S/C14H12ClN3O5/c1-17-11(19)9(12(20)18(2)14(17)23)6-16-7-3-4-10(15)8(5-7)13(21)22/h3-6,19H,1-2H3,(H,21,22)/p-1. The van der Waals surface area contributed by atoms with E-state index >= 15 is 0 Å². The van der Waals surface area contributed by atoms with Gasteiger partial charge in [-0.05, 0) is 18.2 Å². The van der Waals surface area contributed by atoms with Gasteiger partial charge in [0.15, 0.2) is 0 Å². The number of hydrogen-bond acceptors (Lipinski definition) is 6. The van der Waals surface area contributed by atoms with Crippen molar-refractivity contribution in [3.63, 3.8) is 0 Å². The molecule has 120 valence electrons. The highest BCUT2D eigenvalue weighted by Crippen LogP contribution is 2.22. The lowest BCUT2D eigenvalue weighted by atomic mass is 10.2. The maximum atomic E-state index is 12.0. The first-order valence-corrected chi connectivity index (χ1v) is 6.65. The zero-order chi connectivity index (χ0) is 17.3. The highest BCUT2D eigenvalue weighted by Gasteiger charge is 2.13. The molecule has 0 aliphatic heterocycles. The van der Waals surface area contributed by atoms with Crippen molar-refractivity contribution in [3.05, 3.63) is 55.2 Å². The zero-order valence-corrected chi connectivity index (χ0v) is 12.9. The molecule has 0 atom stereocenters. The van der Waals surface area contributed by atoms with Gasteiger partial charge >= 0.3 is 5.69 Å². The number of benzene rings is 1. The van der Waals surface area contributed by atoms with Crippen molar-refractivity contribution in [2.45, 2.75) is 0 Å². The van der Waals surface area contributed by atoms with Crippen LogP contribution in [-0.2, 0) is 14.1 Å². The number of halogens is 1. The Morgan fingerprint density at radius 1 is 1.30 bits per heavy atom. The summed E-state index contributed by atoms with van der Waals surface area (Å²) in [6.07, 6.45) is 1.04. The number of aromatic carboxylic acids is 1. The van der Waals surface area contributed by atoms with Gasteiger partial charge in [-0.2, -0.15) is 0 Å². The zero-order valence-electron chi connectivity index (χ0n) is 12.1. The van der Waals surface area contributed by atoms with Crippen LogP contribution in [0.5, 0.6) is 5.88 Å². The maximum Gasteiger partial charge on any atom is 0.333 e. The molecular formula is C14H11ClN3O5-. The molecule has 23 heavy (non-hydrogen) atoms. The van der Waals surface area contributed by atoms with Crippen LogP contribution in [0, 0.1) is 0 Å². The van der Waals surface area contributed by atoms with Gasteiger partial charge in [0.1, 0.15) is 5.56 Å². The van der Waals surface area contributed by atoms with Crippen LogP contribution in [0.2, 0.25) is 5.02 Å². The third-order valence-corrected chi connectivity index (χ3v) is 3.51. The van der Waals surface area contributed by atoms with E-state index in [9.17, 15) is 24.6 Å². The van der Waals surface area contributed by atoms with Crippen LogP contribution in [0.3, 0.4) is 0 Å². The minimum atomic E-state index is -1.46. The average Bonchev–Trinajstić information content (AvgIpc) is 2.52. The molecule has 0 unspecified atom stereocenters. The van der Waals surface area contributed by atoms with Crippen molar-refractivity contribution in [1.29, 1.82) is 0 Å². The summed E-state index contributed by atoms with van der Waals surface area (Å²) in [4.78, 5) is 38.4. The van der Waals surface area contributed by atoms with Crippen molar-refractivity contribution in [2.24, 2.45) is 19.1 Å². The highest BCUT2D eigenvalue weighted by atomic mass is 35.5. The first-order chi connectivity index (χ1) is 10.7. The quantitative estimate of drug-likeness (QED) is 0.762. The number of rotatable bonds is 3. The molecule has 9 heteroatoms. The molecule has 0 saturated heterocycles. The summed E-state index contributed by atoms with van der Waals surface area (Å²) in [7, 11) is 2.56. The largest absolute Gasteiger partial charge is 0.545 e. The Morgan fingerprint density at radius 2 is 1.96 bits per heavy atom. The van der Waals surface area contributed by atoms with E-state index < -0.39 is 23.1 Å². The molecule has 2 aromatic rings. The van der Waals surface area contributed by atoms with Crippen molar-refractivity contribution in [2.75, 3.05) is 0 Å². The van der Waals surface area contributed by atoms with Crippen LogP contribution >= 0.6 is 11.6 Å². The molecule has 8 nitrogen and oxygen atoms in total. The molecule has 1 N–H and O–H groups in total. The van der Waals surface area contributed by atoms with E-state index in [1.807, 2.05) is 0 Å². The summed E-state index contributed by atoms with van der Waals surface area (Å²) in [6, 6.07) is 3.91. The van der Waals surface area contributed by atoms with Crippen molar-refractivity contribution in [3.8, 4) is 5.88 Å². The van der Waals surface area contributed by atoms with E-state index in [4.69, 9.17) is 11.6 Å². The summed E-state index contributed by atoms with van der Waals surface area (Å²) in [5.41, 5.74) is -1.69. The van der Waals surface area contributed by atoms with Gasteiger partial charge in [0.25, 0.3) is 5.56 Å². The molecule has 1 aromatic heterocycles. The first-order valence-electron chi connectivity index (χ1n) is 6.28. The predicted octanol–water partition coefficient (Wildman–Crippen LogP) is -0.443. The number of aliphatic imine (C=N–C) groups is 1. The van der Waals surface area contributed by atoms with E-state index in [0.29, 0.717) is 0 Å². The Bertz CT molecular complexity index is 943. The van der Waals surface area contributed by atoms with Gasteiger partial charge < -0.3 is 15.0 Å². The lowest BCUT2D eigenvalue weighted by molar-refractivity contribution is -0.255. The minimum Gasteiger partial charge on any atom is -0.545 e. The van der Waals surface area contributed by atoms with Gasteiger partial charge in [0.05, 0.1) is 11.7 Å². The van der Waals surface area contributed by atoms with Gasteiger partial charge in [-0.3, -0.25) is 18.9 Å². The normalized spacial score (nSPS) is 11.1. The van der Waals surface area contributed by atoms with E-state index in [0.717, 1.165) is 21.4 Å². The fourth-order valence-corrected chi connectivity index (χ4v) is 2.06. The summed E-state index contributed by atoms with van der Waals surface area (Å²) in [5, 5.41) is 20.8. The van der Waals surface area contributed by atoms with E-state index in [1.165, 1.54) is 26.2 Å². The fourth-order valence-electron chi connectivity index (χ4n) is 1.86. The third-order valence-electron chi connectivity index (χ3n) is 3.18. The predicted molar refractivity (Wildman–Crippen MR) is 81.6 cm³/mol. The second-order valence-electron chi connectivity index (χ2n) is 4.65. The molecule has 0 spiro atoms. The Morgan fingerprint density at radius 3 is 2.57 bits per heavy atom. The van der Waals surface area contributed by atoms with E-state index in [-0.39, 0.29) is 21.8 Å². The van der Waals surface area contributed by atoms with Crippen LogP contribution in [0.1, 0.15) is 15.9 Å². The molecule has 0 bridgehead atoms. The Hall–Kier alpha value is -2.87. The number of carbonyl (C=O) groups is 1. The average molecular weight is 337 g/mol. The topological polar surface area (TPSA) is 117 Å². The van der Waals surface area contributed by atoms with Crippen molar-refractivity contribution in [1.82, 2.24) is 9.13 Å². The number of nitrogens with zero attached hydrogens (tertiary/aromatic N) is 3. The number of hydrogen-bond donors (Lipinski definition) is 1. The molecule has 1 heterocycles. The van der Waals surface area contributed by atoms with Crippen LogP contribution in [0.15, 0.2) is 32.8 Å². The second kappa shape index (κ2) is 6.09. The number of aromatic hydroxyl groups is 1. The van der Waals surface area contributed by atoms with Crippen molar-refractivity contribution >= 4 is 29.5 Å². The molecule has 2 rings (SSSR count). The first kappa shape index (κ1) is 16.5. The van der Waals surface area contributed by atoms with Gasteiger partial charge in [-0.25, -0.2) is 4.79 Å². The smallest absolute Gasteiger partial charge is 0.333 e. The van der Waals surface area contributed by atoms with Crippen LogP contribution < -0.4 is 16.4 Å². The fraction of sp³-hybridized carbons (Fsp3) is 0.143. The molecule has 0 aliphatic carbocycles. The van der Waals surface area contributed by atoms with Gasteiger partial charge in [-0.1, -0.05) is 11.6 Å². The van der Waals surface area contributed by atoms with Crippen LogP contribution in [0.25, 0.3) is 0 Å². The highest BCUT2D eigenvalue weighted by molar-refractivity contribution is 6.33. The SMILES string of the molecule is Cn1c(O)c(C=Nc2ccc(Cl)c(C(=O)[O-])c2)c(=O)n(C)c1=O. The summed E-state index contributed by atoms with van der Waals surface area (Å²) in [6.45, 7) is 0. The van der Waals surface area contributed by atoms with E-state index in [1.54, 1.807) is 0 Å². The summed E-state index contributed by atoms with van der Waals surface area (Å²) in [5.74, 6) is -2.01. The van der Waals surface area contributed by atoms with E-state index in [2.05, 4.69) is 4.99 Å². The third kappa shape index (κ3) is 3.02. The number of carbonyl (C=O) groups excluding carboxylic acids is 1. The monoisotopic (exact) mass is 336 g/mol. The maximum absolute atomic E-state index is 12.0. The summed E-state index contributed by atoms with van der Waals surface area (Å²) >= 11 is 5.71. The van der Waals surface area contributed by atoms with Crippen LogP contribution in [0.4, 0.5) is 5.69 Å². The number of carboxylic acid groups (broad SMARTS) is 1. The lowest BCUT2D eigenvalue weighted by Crippen LogP contribution is -2.38. The number of carboxylic acids is 1.